The molecule has 168 valence electrons. The van der Waals surface area contributed by atoms with Crippen molar-refractivity contribution in [1.29, 1.82) is 0 Å². The van der Waals surface area contributed by atoms with Gasteiger partial charge in [-0.05, 0) is 0 Å². The van der Waals surface area contributed by atoms with E-state index in [2.05, 4.69) is 0 Å². The Morgan fingerprint density at radius 2 is 0.586 bits per heavy atom. The van der Waals surface area contributed by atoms with Gasteiger partial charge in [-0.15, -0.1) is 0 Å². The molecule has 0 aromatic heterocycles. The van der Waals surface area contributed by atoms with E-state index >= 15 is 0 Å². The van der Waals surface area contributed by atoms with E-state index in [4.69, 9.17) is 54.7 Å². The van der Waals surface area contributed by atoms with Crippen LogP contribution in [0.4, 0.5) is 35.1 Å². The van der Waals surface area contributed by atoms with E-state index in [0.29, 0.717) is 0 Å². The number of carboxylic acid groups (broad SMARTS) is 4. The van der Waals surface area contributed by atoms with Crippen LogP contribution in [0.5, 0.6) is 0 Å². The fraction of sp³-hybridized carbons (Fsp3) is 0.500. The van der Waals surface area contributed by atoms with Gasteiger partial charge in [-0.1, -0.05) is 0 Å². The van der Waals surface area contributed by atoms with Crippen molar-refractivity contribution in [2.24, 2.45) is 0 Å². The molecule has 0 aromatic carbocycles. The summed E-state index contributed by atoms with van der Waals surface area (Å²) in [5.74, 6) is -8.30. The van der Waals surface area contributed by atoms with Crippen LogP contribution in [0.1, 0.15) is 0 Å². The molecule has 0 rings (SSSR count). The van der Waals surface area contributed by atoms with Crippen LogP contribution in [0.2, 0.25) is 0 Å². The van der Waals surface area contributed by atoms with Crippen molar-refractivity contribution in [2.45, 2.75) is 25.7 Å². The van der Waals surface area contributed by atoms with Crippen molar-refractivity contribution in [1.82, 2.24) is 0 Å². The summed E-state index contributed by atoms with van der Waals surface area (Å²) in [6.07, 6.45) is -12.9. The quantitative estimate of drug-likeness (QED) is 0.177. The van der Waals surface area contributed by atoms with Crippen LogP contribution in [0, 0.1) is 0 Å². The first-order valence-corrected chi connectivity index (χ1v) is 5.36. The van der Waals surface area contributed by atoms with Gasteiger partial charge in [0.25, 0.3) is 0 Å². The van der Waals surface area contributed by atoms with Crippen molar-refractivity contribution in [3.63, 3.8) is 0 Å². The molecule has 0 aliphatic carbocycles. The molecule has 0 unspecified atom stereocenters. The fourth-order valence-electron chi connectivity index (χ4n) is 0. The third-order valence-corrected chi connectivity index (χ3v) is 0.747. The molecule has 0 aromatic rings. The Bertz CT molecular complexity index is 366. The molecule has 0 fully saturated rings. The van der Waals surface area contributed by atoms with Crippen LogP contribution in [0.15, 0.2) is 0 Å². The topological polar surface area (TPSA) is 213 Å². The van der Waals surface area contributed by atoms with Gasteiger partial charge in [0.05, 0.1) is 0 Å². The zero-order chi connectivity index (χ0) is 24.2. The fourth-order valence-corrected chi connectivity index (χ4v) is 0. The molecule has 0 atom stereocenters. The van der Waals surface area contributed by atoms with E-state index in [9.17, 15) is 35.1 Å². The first kappa shape index (κ1) is 41.3. The Morgan fingerprint density at radius 3 is 0.586 bits per heavy atom. The van der Waals surface area contributed by atoms with Crippen LogP contribution in [0.25, 0.3) is 0 Å². The maximum atomic E-state index is 10.6. The molecule has 11 nitrogen and oxygen atoms in total. The molecule has 0 heterocycles. The summed E-state index contributed by atoms with van der Waals surface area (Å²) in [5, 5.41) is 51.7. The van der Waals surface area contributed by atoms with E-state index < -0.39 is 56.9 Å². The van der Waals surface area contributed by atoms with Gasteiger partial charge in [0.2, 0.25) is 0 Å². The molecule has 0 aliphatic heterocycles. The average Bonchev–Trinajstić information content (AvgIpc) is 2.47. The summed E-state index contributed by atoms with van der Waals surface area (Å²) in [6, 6.07) is 0. The Balaban J connectivity index is -0.0000000569. The van der Waals surface area contributed by atoms with Crippen LogP contribution in [0.3, 0.4) is 0 Å². The first-order chi connectivity index (χ1) is 12.3. The molecule has 0 saturated carbocycles. The van der Waals surface area contributed by atoms with Crippen molar-refractivity contribution < 1.29 is 109 Å². The summed E-state index contributed by atoms with van der Waals surface area (Å²) in [5.41, 5.74) is 0. The molecule has 0 amide bonds. The minimum Gasteiger partial charge on any atom is -0.832 e. The van der Waals surface area contributed by atoms with E-state index in [1.165, 1.54) is 0 Å². The summed E-state index contributed by atoms with van der Waals surface area (Å²) < 4.78 is 84.5. The number of rotatable bonds is 4. The second kappa shape index (κ2) is 25.9. The smallest absolute Gasteiger partial charge is 0.832 e. The first-order valence-electron chi connectivity index (χ1n) is 5.36. The summed E-state index contributed by atoms with van der Waals surface area (Å²) in [4.78, 5) is 35.8. The van der Waals surface area contributed by atoms with E-state index in [0.717, 1.165) is 0 Å². The Hall–Kier alpha value is -2.14. The number of halogens is 8. The minimum atomic E-state index is -3.23. The summed E-state index contributed by atoms with van der Waals surface area (Å²) >= 11 is 0. The molecule has 0 bridgehead atoms. The molecule has 0 radical (unpaired) electrons. The van der Waals surface area contributed by atoms with E-state index in [1.807, 2.05) is 0 Å². The van der Waals surface area contributed by atoms with Crippen molar-refractivity contribution in [2.75, 3.05) is 0 Å². The molecule has 6 N–H and O–H groups in total. The van der Waals surface area contributed by atoms with Gasteiger partial charge in [-0.2, -0.15) is 35.1 Å². The normalized spacial score (nSPS) is 8.52. The molecular formula is C8H10BF8LiO11. The van der Waals surface area contributed by atoms with Gasteiger partial charge in [0.1, 0.15) is 0 Å². The zero-order valence-corrected chi connectivity index (χ0v) is 13.6. The molecule has 0 aliphatic rings. The van der Waals surface area contributed by atoms with Crippen LogP contribution in [-0.2, 0) is 19.2 Å². The number of hydrogen-bond acceptors (Lipinski definition) is 7. The van der Waals surface area contributed by atoms with Crippen molar-refractivity contribution >= 4 is 31.2 Å². The van der Waals surface area contributed by atoms with Crippen LogP contribution in [-0.4, -0.2) is 87.4 Å². The minimum absolute atomic E-state index is 0. The van der Waals surface area contributed by atoms with Gasteiger partial charge in [0.15, 0.2) is 0 Å². The largest absolute Gasteiger partial charge is 1.00 e. The molecule has 29 heavy (non-hydrogen) atoms. The summed E-state index contributed by atoms with van der Waals surface area (Å²) in [6.45, 7) is 0. The molecule has 0 saturated heterocycles. The van der Waals surface area contributed by atoms with E-state index in [1.54, 1.807) is 0 Å². The average molecular weight is 452 g/mol. The van der Waals surface area contributed by atoms with Crippen LogP contribution < -0.4 is 23.9 Å². The number of carbonyl (C=O) groups is 4. The maximum Gasteiger partial charge on any atom is 1.00 e. The number of hydrogen-bond donors (Lipinski definition) is 6. The maximum absolute atomic E-state index is 10.6. The van der Waals surface area contributed by atoms with Gasteiger partial charge in [-0.25, -0.2) is 19.2 Å². The predicted octanol–water partition coefficient (Wildman–Crippen LogP) is -4.34. The van der Waals surface area contributed by atoms with Gasteiger partial charge in [-0.3, -0.25) is 0 Å². The van der Waals surface area contributed by atoms with Crippen molar-refractivity contribution in [3.05, 3.63) is 0 Å². The predicted molar refractivity (Wildman–Crippen MR) is 64.8 cm³/mol. The standard InChI is InChI=1S/4C2H2F2O2.BH2O3.Li/c4*3-1(4)2(5)6;2-1(3)4;/h4*1H,(H,5,6);2-3H;/q;;;;-1;+1. The monoisotopic (exact) mass is 452 g/mol. The Kier molecular flexibility index (Phi) is 36.8. The SMILES string of the molecule is O=C(O)C(F)F.O=C(O)C(F)F.O=C(O)C(F)F.O=C(O)C(F)F.[Li+].[O-]B(O)O. The third-order valence-electron chi connectivity index (χ3n) is 0.747. The number of aliphatic carboxylic acids is 4. The number of alkyl halides is 8. The van der Waals surface area contributed by atoms with Gasteiger partial charge in [0, 0.05) is 0 Å². The van der Waals surface area contributed by atoms with Gasteiger partial charge < -0.3 is 35.5 Å². The third kappa shape index (κ3) is 76.6. The molecule has 0 spiro atoms. The second-order valence-electron chi connectivity index (χ2n) is 2.88. The number of carboxylic acids is 4. The zero-order valence-electron chi connectivity index (χ0n) is 13.6. The Labute approximate surface area is 166 Å². The van der Waals surface area contributed by atoms with Crippen LogP contribution >= 0.6 is 0 Å². The second-order valence-corrected chi connectivity index (χ2v) is 2.88. The molecular weight excluding hydrogens is 442 g/mol. The van der Waals surface area contributed by atoms with E-state index in [-0.39, 0.29) is 18.9 Å². The Morgan fingerprint density at radius 1 is 0.552 bits per heavy atom. The van der Waals surface area contributed by atoms with Crippen molar-refractivity contribution in [3.8, 4) is 0 Å². The summed E-state index contributed by atoms with van der Waals surface area (Å²) in [7, 11) is -2.42. The molecule has 21 heteroatoms. The van der Waals surface area contributed by atoms with Gasteiger partial charge >= 0.3 is 75.8 Å².